The number of methoxy groups -OCH3 is 1. The average molecular weight is 500 g/mol. The highest BCUT2D eigenvalue weighted by atomic mass is 16.5. The van der Waals surface area contributed by atoms with Crippen LogP contribution >= 0.6 is 0 Å². The Morgan fingerprint density at radius 1 is 0.811 bits per heavy atom. The van der Waals surface area contributed by atoms with E-state index < -0.39 is 0 Å². The van der Waals surface area contributed by atoms with Gasteiger partial charge in [0.05, 0.1) is 23.7 Å². The van der Waals surface area contributed by atoms with Crippen LogP contribution in [0.15, 0.2) is 36.4 Å². The number of fused-ring (bicyclic) bond motifs is 2. The Labute approximate surface area is 218 Å². The highest BCUT2D eigenvalue weighted by Gasteiger charge is 2.31. The number of benzene rings is 2. The molecule has 37 heavy (non-hydrogen) atoms. The fourth-order valence-electron chi connectivity index (χ4n) is 6.82. The van der Waals surface area contributed by atoms with Gasteiger partial charge in [0.2, 0.25) is 0 Å². The van der Waals surface area contributed by atoms with Crippen molar-refractivity contribution in [3.63, 3.8) is 0 Å². The zero-order valence-electron chi connectivity index (χ0n) is 21.7. The van der Waals surface area contributed by atoms with Crippen LogP contribution < -0.4 is 9.64 Å². The summed E-state index contributed by atoms with van der Waals surface area (Å²) in [6.07, 6.45) is 8.02. The van der Waals surface area contributed by atoms with Crippen LogP contribution in [-0.2, 0) is 0 Å². The first-order valence-corrected chi connectivity index (χ1v) is 14.0. The number of piperidine rings is 2. The summed E-state index contributed by atoms with van der Waals surface area (Å²) in [5, 5.41) is 8.65. The normalized spacial score (nSPS) is 20.9. The molecule has 7 rings (SSSR count). The standard InChI is InChI=1S/C29H37N7O/c1-37-23-5-7-25-24(19-23)28(33-32-25)29-30-26-6-4-22(18-27(26)31-29)36-16-10-21(11-17-36)35-14-8-20(9-15-35)34-12-2-3-13-34/h4-7,18-21H,2-3,8-17H2,1H3,(H,30,31)(H,32,33). The van der Waals surface area contributed by atoms with E-state index >= 15 is 0 Å². The maximum absolute atomic E-state index is 5.41. The average Bonchev–Trinajstić information content (AvgIpc) is 3.72. The minimum atomic E-state index is 0.739. The van der Waals surface area contributed by atoms with Gasteiger partial charge in [-0.3, -0.25) is 5.10 Å². The summed E-state index contributed by atoms with van der Waals surface area (Å²) in [6, 6.07) is 14.1. The van der Waals surface area contributed by atoms with Gasteiger partial charge < -0.3 is 24.4 Å². The van der Waals surface area contributed by atoms with Crippen molar-refractivity contribution in [1.29, 1.82) is 0 Å². The second-order valence-electron chi connectivity index (χ2n) is 11.0. The van der Waals surface area contributed by atoms with Crippen molar-refractivity contribution in [2.75, 3.05) is 51.3 Å². The zero-order chi connectivity index (χ0) is 24.8. The number of nitrogens with one attached hydrogen (secondary N) is 2. The third kappa shape index (κ3) is 4.36. The number of nitrogens with zero attached hydrogens (tertiary/aromatic N) is 5. The number of anilines is 1. The molecule has 2 N–H and O–H groups in total. The molecular weight excluding hydrogens is 462 g/mol. The highest BCUT2D eigenvalue weighted by molar-refractivity contribution is 5.94. The van der Waals surface area contributed by atoms with Gasteiger partial charge in [0.25, 0.3) is 0 Å². The molecule has 2 aromatic heterocycles. The molecule has 8 heteroatoms. The van der Waals surface area contributed by atoms with Crippen molar-refractivity contribution in [3.8, 4) is 17.3 Å². The Hall–Kier alpha value is -3.10. The van der Waals surface area contributed by atoms with Crippen LogP contribution in [-0.4, -0.2) is 88.4 Å². The lowest BCUT2D eigenvalue weighted by molar-refractivity contribution is 0.0859. The van der Waals surface area contributed by atoms with Crippen molar-refractivity contribution in [1.82, 2.24) is 30.0 Å². The predicted octanol–water partition coefficient (Wildman–Crippen LogP) is 4.64. The molecule has 2 aromatic carbocycles. The number of likely N-dealkylation sites (tertiary alicyclic amines) is 2. The number of rotatable bonds is 5. The lowest BCUT2D eigenvalue weighted by Gasteiger charge is -2.43. The van der Waals surface area contributed by atoms with E-state index in [1.165, 1.54) is 70.4 Å². The van der Waals surface area contributed by atoms with Crippen LogP contribution in [0.1, 0.15) is 38.5 Å². The molecule has 194 valence electrons. The Morgan fingerprint density at radius 3 is 2.30 bits per heavy atom. The topological polar surface area (TPSA) is 76.3 Å². The first kappa shape index (κ1) is 23.0. The summed E-state index contributed by atoms with van der Waals surface area (Å²) in [5.74, 6) is 1.59. The van der Waals surface area contributed by atoms with Crippen LogP contribution in [0.3, 0.4) is 0 Å². The quantitative estimate of drug-likeness (QED) is 0.417. The molecule has 0 aliphatic carbocycles. The summed E-state index contributed by atoms with van der Waals surface area (Å²) < 4.78 is 5.41. The number of aromatic amines is 2. The van der Waals surface area contributed by atoms with E-state index in [2.05, 4.69) is 48.1 Å². The third-order valence-corrected chi connectivity index (χ3v) is 8.96. The van der Waals surface area contributed by atoms with Gasteiger partial charge >= 0.3 is 0 Å². The second-order valence-corrected chi connectivity index (χ2v) is 11.0. The molecule has 0 spiro atoms. The fourth-order valence-corrected chi connectivity index (χ4v) is 6.82. The monoisotopic (exact) mass is 499 g/mol. The molecule has 0 atom stereocenters. The van der Waals surface area contributed by atoms with Gasteiger partial charge in [-0.2, -0.15) is 5.10 Å². The Kier molecular flexibility index (Phi) is 6.01. The predicted molar refractivity (Wildman–Crippen MR) is 148 cm³/mol. The van der Waals surface area contributed by atoms with Crippen LogP contribution in [0.4, 0.5) is 5.69 Å². The number of H-pyrrole nitrogens is 2. The molecule has 3 aliphatic heterocycles. The minimum absolute atomic E-state index is 0.739. The zero-order valence-corrected chi connectivity index (χ0v) is 21.7. The van der Waals surface area contributed by atoms with Gasteiger partial charge in [-0.1, -0.05) is 0 Å². The van der Waals surface area contributed by atoms with Crippen molar-refractivity contribution < 1.29 is 4.74 Å². The van der Waals surface area contributed by atoms with Gasteiger partial charge in [-0.05, 0) is 101 Å². The summed E-state index contributed by atoms with van der Waals surface area (Å²) >= 11 is 0. The number of hydrogen-bond acceptors (Lipinski definition) is 6. The summed E-state index contributed by atoms with van der Waals surface area (Å²) in [4.78, 5) is 16.5. The lowest BCUT2D eigenvalue weighted by Crippen LogP contribution is -2.50. The maximum atomic E-state index is 5.41. The van der Waals surface area contributed by atoms with E-state index in [-0.39, 0.29) is 0 Å². The lowest BCUT2D eigenvalue weighted by atomic mass is 9.97. The second kappa shape index (κ2) is 9.65. The number of ether oxygens (including phenoxy) is 1. The Morgan fingerprint density at radius 2 is 1.54 bits per heavy atom. The molecule has 3 saturated heterocycles. The third-order valence-electron chi connectivity index (χ3n) is 8.96. The number of aromatic nitrogens is 4. The maximum Gasteiger partial charge on any atom is 0.159 e. The van der Waals surface area contributed by atoms with Crippen molar-refractivity contribution in [2.45, 2.75) is 50.6 Å². The summed E-state index contributed by atoms with van der Waals surface area (Å²) in [5.41, 5.74) is 5.09. The Bertz CT molecular complexity index is 1370. The van der Waals surface area contributed by atoms with Gasteiger partial charge in [-0.25, -0.2) is 4.98 Å². The molecule has 0 bridgehead atoms. The van der Waals surface area contributed by atoms with E-state index in [1.54, 1.807) is 7.11 Å². The van der Waals surface area contributed by atoms with Crippen molar-refractivity contribution >= 4 is 27.6 Å². The Balaban J connectivity index is 1.02. The first-order valence-electron chi connectivity index (χ1n) is 14.0. The van der Waals surface area contributed by atoms with Gasteiger partial charge in [0.15, 0.2) is 5.82 Å². The highest BCUT2D eigenvalue weighted by Crippen LogP contribution is 2.32. The van der Waals surface area contributed by atoms with Gasteiger partial charge in [-0.15, -0.1) is 0 Å². The molecule has 4 aromatic rings. The minimum Gasteiger partial charge on any atom is -0.497 e. The molecule has 0 unspecified atom stereocenters. The molecule has 3 aliphatic rings. The molecule has 5 heterocycles. The molecule has 8 nitrogen and oxygen atoms in total. The molecule has 0 amide bonds. The van der Waals surface area contributed by atoms with Crippen molar-refractivity contribution in [3.05, 3.63) is 36.4 Å². The van der Waals surface area contributed by atoms with E-state index in [1.807, 2.05) is 18.2 Å². The van der Waals surface area contributed by atoms with Crippen LogP contribution in [0, 0.1) is 0 Å². The van der Waals surface area contributed by atoms with E-state index in [4.69, 9.17) is 9.72 Å². The first-order chi connectivity index (χ1) is 18.2. The molecule has 3 fully saturated rings. The smallest absolute Gasteiger partial charge is 0.159 e. The van der Waals surface area contributed by atoms with Crippen LogP contribution in [0.2, 0.25) is 0 Å². The van der Waals surface area contributed by atoms with E-state index in [0.29, 0.717) is 0 Å². The number of imidazole rings is 1. The SMILES string of the molecule is COc1ccc2[nH]nc(-c3nc4ccc(N5CCC(N6CCC(N7CCCC7)CC6)CC5)cc4[nH]3)c2c1. The van der Waals surface area contributed by atoms with E-state index in [0.717, 1.165) is 64.4 Å². The summed E-state index contributed by atoms with van der Waals surface area (Å²) in [7, 11) is 1.68. The summed E-state index contributed by atoms with van der Waals surface area (Å²) in [6.45, 7) is 7.46. The molecular formula is C29H37N7O. The largest absolute Gasteiger partial charge is 0.497 e. The van der Waals surface area contributed by atoms with Gasteiger partial charge in [0, 0.05) is 36.2 Å². The van der Waals surface area contributed by atoms with Gasteiger partial charge in [0.1, 0.15) is 11.4 Å². The van der Waals surface area contributed by atoms with Crippen molar-refractivity contribution in [2.24, 2.45) is 0 Å². The molecule has 0 saturated carbocycles. The number of hydrogen-bond donors (Lipinski definition) is 2. The fraction of sp³-hybridized carbons (Fsp3) is 0.517. The van der Waals surface area contributed by atoms with Crippen LogP contribution in [0.5, 0.6) is 5.75 Å². The molecule has 0 radical (unpaired) electrons. The van der Waals surface area contributed by atoms with E-state index in [9.17, 15) is 0 Å². The van der Waals surface area contributed by atoms with Crippen LogP contribution in [0.25, 0.3) is 33.5 Å².